The number of ether oxygens (including phenoxy) is 1. The van der Waals surface area contributed by atoms with Gasteiger partial charge in [-0.1, -0.05) is 12.1 Å². The third-order valence-corrected chi connectivity index (χ3v) is 3.51. The van der Waals surface area contributed by atoms with Crippen LogP contribution in [0.4, 0.5) is 19.1 Å². The van der Waals surface area contributed by atoms with Crippen LogP contribution in [0.15, 0.2) is 36.7 Å². The van der Waals surface area contributed by atoms with Gasteiger partial charge in [-0.3, -0.25) is 0 Å². The summed E-state index contributed by atoms with van der Waals surface area (Å²) in [7, 11) is 0. The Hall–Kier alpha value is -2.31. The first kappa shape index (κ1) is 14.6. The van der Waals surface area contributed by atoms with Crippen molar-refractivity contribution < 1.29 is 17.9 Å². The fourth-order valence-electron chi connectivity index (χ4n) is 2.14. The van der Waals surface area contributed by atoms with Gasteiger partial charge in [0.25, 0.3) is 0 Å². The second-order valence-corrected chi connectivity index (χ2v) is 5.14. The van der Waals surface area contributed by atoms with Gasteiger partial charge in [0.1, 0.15) is 5.75 Å². The topological polar surface area (TPSA) is 47.0 Å². The molecule has 0 aliphatic heterocycles. The molecule has 4 nitrogen and oxygen atoms in total. The molecule has 1 fully saturated rings. The first-order valence-electron chi connectivity index (χ1n) is 6.94. The Bertz CT molecular complexity index is 622. The second kappa shape index (κ2) is 5.82. The van der Waals surface area contributed by atoms with E-state index in [1.165, 1.54) is 18.6 Å². The molecule has 1 heterocycles. The smallest absolute Gasteiger partial charge is 0.406 e. The summed E-state index contributed by atoms with van der Waals surface area (Å²) in [6, 6.07) is 6.06. The van der Waals surface area contributed by atoms with Crippen LogP contribution in [0.25, 0.3) is 11.1 Å². The number of nitrogens with one attached hydrogen (secondary N) is 1. The first-order chi connectivity index (χ1) is 10.5. The fourth-order valence-corrected chi connectivity index (χ4v) is 2.14. The normalized spacial score (nSPS) is 15.2. The van der Waals surface area contributed by atoms with Crippen molar-refractivity contribution in [3.05, 3.63) is 36.7 Å². The minimum atomic E-state index is -4.68. The highest BCUT2D eigenvalue weighted by Gasteiger charge is 2.30. The summed E-state index contributed by atoms with van der Waals surface area (Å²) in [6.07, 6.45) is 2.10. The van der Waals surface area contributed by atoms with Crippen LogP contribution in [-0.4, -0.2) is 22.4 Å². The molecule has 116 valence electrons. The molecule has 7 heteroatoms. The number of aromatic nitrogens is 2. The van der Waals surface area contributed by atoms with Crippen molar-refractivity contribution in [2.75, 3.05) is 5.32 Å². The maximum Gasteiger partial charge on any atom is 0.573 e. The Morgan fingerprint density at radius 1 is 1.00 bits per heavy atom. The summed E-state index contributed by atoms with van der Waals surface area (Å²) in [5.41, 5.74) is 1.46. The highest BCUT2D eigenvalue weighted by molar-refractivity contribution is 5.62. The molecule has 3 rings (SSSR count). The number of hydrogen-bond donors (Lipinski definition) is 1. The molecule has 0 atom stereocenters. The van der Waals surface area contributed by atoms with Gasteiger partial charge in [-0.2, -0.15) is 0 Å². The largest absolute Gasteiger partial charge is 0.573 e. The number of rotatable bonds is 4. The van der Waals surface area contributed by atoms with Crippen LogP contribution in [-0.2, 0) is 0 Å². The maximum atomic E-state index is 12.1. The molecular weight excluding hydrogens is 295 g/mol. The third-order valence-electron chi connectivity index (χ3n) is 3.51. The average Bonchev–Trinajstić information content (AvgIpc) is 2.43. The molecule has 22 heavy (non-hydrogen) atoms. The van der Waals surface area contributed by atoms with Gasteiger partial charge in [0.05, 0.1) is 0 Å². The minimum Gasteiger partial charge on any atom is -0.406 e. The van der Waals surface area contributed by atoms with Crippen LogP contribution in [0.3, 0.4) is 0 Å². The van der Waals surface area contributed by atoms with E-state index in [2.05, 4.69) is 20.0 Å². The van der Waals surface area contributed by atoms with Crippen molar-refractivity contribution in [1.29, 1.82) is 0 Å². The van der Waals surface area contributed by atoms with Crippen LogP contribution in [0.2, 0.25) is 0 Å². The second-order valence-electron chi connectivity index (χ2n) is 5.14. The van der Waals surface area contributed by atoms with Crippen molar-refractivity contribution in [3.63, 3.8) is 0 Å². The fraction of sp³-hybridized carbons (Fsp3) is 0.333. The first-order valence-corrected chi connectivity index (χ1v) is 6.94. The van der Waals surface area contributed by atoms with Crippen molar-refractivity contribution in [3.8, 4) is 16.9 Å². The summed E-state index contributed by atoms with van der Waals surface area (Å²) in [6.45, 7) is 0. The van der Waals surface area contributed by atoms with E-state index >= 15 is 0 Å². The Balaban J connectivity index is 1.68. The van der Waals surface area contributed by atoms with E-state index in [9.17, 15) is 13.2 Å². The lowest BCUT2D eigenvalue weighted by atomic mass is 9.93. The maximum absolute atomic E-state index is 12.1. The Morgan fingerprint density at radius 2 is 1.64 bits per heavy atom. The SMILES string of the molecule is FC(F)(F)Oc1ccc(-c2cnc(NC3CCC3)nc2)cc1. The van der Waals surface area contributed by atoms with Crippen LogP contribution in [0, 0.1) is 0 Å². The van der Waals surface area contributed by atoms with E-state index in [1.54, 1.807) is 24.5 Å². The standard InChI is InChI=1S/C15H14F3N3O/c16-15(17,18)22-13-6-4-10(5-7-13)11-8-19-14(20-9-11)21-12-2-1-3-12/h4-9,12H,1-3H2,(H,19,20,21). The van der Waals surface area contributed by atoms with Crippen molar-refractivity contribution >= 4 is 5.95 Å². The monoisotopic (exact) mass is 309 g/mol. The average molecular weight is 309 g/mol. The number of nitrogens with zero attached hydrogens (tertiary/aromatic N) is 2. The summed E-state index contributed by atoms with van der Waals surface area (Å²) in [4.78, 5) is 8.45. The molecule has 1 aromatic carbocycles. The predicted octanol–water partition coefficient (Wildman–Crippen LogP) is 4.01. The van der Waals surface area contributed by atoms with E-state index in [0.29, 0.717) is 12.0 Å². The zero-order chi connectivity index (χ0) is 15.6. The minimum absolute atomic E-state index is 0.250. The van der Waals surface area contributed by atoms with Crippen molar-refractivity contribution in [2.24, 2.45) is 0 Å². The summed E-state index contributed by atoms with van der Waals surface area (Å²) >= 11 is 0. The van der Waals surface area contributed by atoms with Gasteiger partial charge in [0, 0.05) is 24.0 Å². The van der Waals surface area contributed by atoms with Gasteiger partial charge in [0.15, 0.2) is 0 Å². The van der Waals surface area contributed by atoms with E-state index in [4.69, 9.17) is 0 Å². The molecule has 2 aromatic rings. The van der Waals surface area contributed by atoms with Gasteiger partial charge in [-0.15, -0.1) is 13.2 Å². The number of hydrogen-bond acceptors (Lipinski definition) is 4. The predicted molar refractivity (Wildman–Crippen MR) is 75.4 cm³/mol. The number of alkyl halides is 3. The van der Waals surface area contributed by atoms with Crippen molar-refractivity contribution in [1.82, 2.24) is 9.97 Å². The van der Waals surface area contributed by atoms with Gasteiger partial charge < -0.3 is 10.1 Å². The molecule has 1 aliphatic carbocycles. The highest BCUT2D eigenvalue weighted by Crippen LogP contribution is 2.26. The van der Waals surface area contributed by atoms with Crippen LogP contribution in [0.5, 0.6) is 5.75 Å². The molecule has 0 saturated heterocycles. The van der Waals surface area contributed by atoms with Crippen LogP contribution < -0.4 is 10.1 Å². The molecule has 0 unspecified atom stereocenters. The Labute approximate surface area is 125 Å². The molecule has 1 saturated carbocycles. The lowest BCUT2D eigenvalue weighted by molar-refractivity contribution is -0.274. The highest BCUT2D eigenvalue weighted by atomic mass is 19.4. The van der Waals surface area contributed by atoms with E-state index in [0.717, 1.165) is 24.0 Å². The molecule has 0 radical (unpaired) electrons. The van der Waals surface area contributed by atoms with Gasteiger partial charge in [-0.25, -0.2) is 9.97 Å². The molecular formula is C15H14F3N3O. The number of benzene rings is 1. The van der Waals surface area contributed by atoms with Crippen molar-refractivity contribution in [2.45, 2.75) is 31.7 Å². The van der Waals surface area contributed by atoms with Gasteiger partial charge >= 0.3 is 6.36 Å². The number of halogens is 3. The summed E-state index contributed by atoms with van der Waals surface area (Å²) < 4.78 is 40.1. The zero-order valence-corrected chi connectivity index (χ0v) is 11.6. The van der Waals surface area contributed by atoms with E-state index in [1.807, 2.05) is 0 Å². The summed E-state index contributed by atoms with van der Waals surface area (Å²) in [5.74, 6) is 0.325. The molecule has 1 N–H and O–H groups in total. The molecule has 0 spiro atoms. The molecule has 0 amide bonds. The molecule has 1 aliphatic rings. The van der Waals surface area contributed by atoms with E-state index < -0.39 is 6.36 Å². The summed E-state index contributed by atoms with van der Waals surface area (Å²) in [5, 5.41) is 3.22. The van der Waals surface area contributed by atoms with E-state index in [-0.39, 0.29) is 5.75 Å². The number of anilines is 1. The molecule has 0 bridgehead atoms. The third kappa shape index (κ3) is 3.66. The van der Waals surface area contributed by atoms with Gasteiger partial charge in [0.2, 0.25) is 5.95 Å². The zero-order valence-electron chi connectivity index (χ0n) is 11.6. The van der Waals surface area contributed by atoms with Crippen LogP contribution in [0.1, 0.15) is 19.3 Å². The quantitative estimate of drug-likeness (QED) is 0.927. The molecule has 1 aromatic heterocycles. The van der Waals surface area contributed by atoms with Crippen LogP contribution >= 0.6 is 0 Å². The lowest BCUT2D eigenvalue weighted by Crippen LogP contribution is -2.27. The van der Waals surface area contributed by atoms with Gasteiger partial charge in [-0.05, 0) is 37.0 Å². The lowest BCUT2D eigenvalue weighted by Gasteiger charge is -2.26. The Morgan fingerprint density at radius 3 is 2.14 bits per heavy atom. The Kier molecular flexibility index (Phi) is 3.87.